The molecule has 0 saturated carbocycles. The van der Waals surface area contributed by atoms with Crippen LogP contribution in [0.25, 0.3) is 0 Å². The van der Waals surface area contributed by atoms with E-state index in [9.17, 15) is 18.0 Å². The molecule has 1 saturated heterocycles. The lowest BCUT2D eigenvalue weighted by atomic mass is 9.97. The highest BCUT2D eigenvalue weighted by Crippen LogP contribution is 2.26. The van der Waals surface area contributed by atoms with Crippen molar-refractivity contribution in [3.8, 4) is 5.75 Å². The number of piperazine rings is 1. The van der Waals surface area contributed by atoms with E-state index in [1.165, 1.54) is 23.3 Å². The van der Waals surface area contributed by atoms with Gasteiger partial charge in [0.05, 0.1) is 0 Å². The predicted molar refractivity (Wildman–Crippen MR) is 122 cm³/mol. The molecule has 0 bridgehead atoms. The first-order valence-corrected chi connectivity index (χ1v) is 11.6. The number of hydrogen-bond acceptors (Lipinski definition) is 5. The number of nitrogens with one attached hydrogen (secondary N) is 1. The SMILES string of the molecule is O=C(CCCN1CCN(c2ccc(OC(F)(F)F)cc2)CC1)c1ccc2c(c1)CCNCC2. The minimum Gasteiger partial charge on any atom is -0.406 e. The number of hydrogen-bond donors (Lipinski definition) is 1. The second-order valence-electron chi connectivity index (χ2n) is 8.63. The molecule has 178 valence electrons. The lowest BCUT2D eigenvalue weighted by Gasteiger charge is -2.36. The summed E-state index contributed by atoms with van der Waals surface area (Å²) in [6.45, 7) is 6.14. The Morgan fingerprint density at radius 3 is 2.33 bits per heavy atom. The molecular formula is C25H30F3N3O2. The number of rotatable bonds is 7. The molecular weight excluding hydrogens is 431 g/mol. The summed E-state index contributed by atoms with van der Waals surface area (Å²) in [5.74, 6) is -0.00416. The fraction of sp³-hybridized carbons (Fsp3) is 0.480. The van der Waals surface area contributed by atoms with Gasteiger partial charge in [0.25, 0.3) is 0 Å². The van der Waals surface area contributed by atoms with Crippen LogP contribution in [-0.4, -0.2) is 62.9 Å². The van der Waals surface area contributed by atoms with E-state index >= 15 is 0 Å². The molecule has 8 heteroatoms. The molecule has 2 aromatic carbocycles. The van der Waals surface area contributed by atoms with Crippen LogP contribution >= 0.6 is 0 Å². The second-order valence-corrected chi connectivity index (χ2v) is 8.63. The number of Topliss-reactive ketones (excluding diaryl/α,β-unsaturated/α-hetero) is 1. The van der Waals surface area contributed by atoms with E-state index in [4.69, 9.17) is 0 Å². The van der Waals surface area contributed by atoms with Crippen LogP contribution in [0, 0.1) is 0 Å². The summed E-state index contributed by atoms with van der Waals surface area (Å²) in [6.07, 6.45) is -1.33. The van der Waals surface area contributed by atoms with Crippen molar-refractivity contribution >= 4 is 11.5 Å². The van der Waals surface area contributed by atoms with E-state index in [1.54, 1.807) is 12.1 Å². The molecule has 0 amide bonds. The molecule has 0 aliphatic carbocycles. The Labute approximate surface area is 192 Å². The van der Waals surface area contributed by atoms with Crippen molar-refractivity contribution in [1.29, 1.82) is 0 Å². The molecule has 1 fully saturated rings. The molecule has 0 spiro atoms. The first-order chi connectivity index (χ1) is 15.9. The van der Waals surface area contributed by atoms with Crippen LogP contribution in [0.15, 0.2) is 42.5 Å². The van der Waals surface area contributed by atoms with E-state index in [2.05, 4.69) is 32.0 Å². The first kappa shape index (κ1) is 23.6. The molecule has 2 aromatic rings. The summed E-state index contributed by atoms with van der Waals surface area (Å²) in [4.78, 5) is 17.2. The van der Waals surface area contributed by atoms with Gasteiger partial charge in [-0.05, 0) is 80.4 Å². The standard InChI is InChI=1S/C25H30F3N3O2/c26-25(27,28)33-23-7-5-22(6-8-23)31-16-14-30(15-17-31)13-1-2-24(32)21-4-3-19-9-11-29-12-10-20(19)18-21/h3-8,18,29H,1-2,9-17H2. The smallest absolute Gasteiger partial charge is 0.406 e. The summed E-state index contributed by atoms with van der Waals surface area (Å²) in [5.41, 5.74) is 4.34. The average Bonchev–Trinajstić information content (AvgIpc) is 3.04. The average molecular weight is 462 g/mol. The Bertz CT molecular complexity index is 939. The maximum absolute atomic E-state index is 12.7. The number of nitrogens with zero attached hydrogens (tertiary/aromatic N) is 2. The van der Waals surface area contributed by atoms with Crippen molar-refractivity contribution in [3.63, 3.8) is 0 Å². The van der Waals surface area contributed by atoms with Crippen molar-refractivity contribution in [1.82, 2.24) is 10.2 Å². The van der Waals surface area contributed by atoms with Gasteiger partial charge < -0.3 is 15.0 Å². The van der Waals surface area contributed by atoms with E-state index in [0.717, 1.165) is 76.3 Å². The van der Waals surface area contributed by atoms with E-state index in [0.29, 0.717) is 6.42 Å². The second kappa shape index (κ2) is 10.6. The number of fused-ring (bicyclic) bond motifs is 1. The highest BCUT2D eigenvalue weighted by molar-refractivity contribution is 5.96. The number of halogens is 3. The van der Waals surface area contributed by atoms with Gasteiger partial charge in [0, 0.05) is 43.9 Å². The van der Waals surface area contributed by atoms with Gasteiger partial charge >= 0.3 is 6.36 Å². The van der Waals surface area contributed by atoms with Gasteiger partial charge in [-0.15, -0.1) is 13.2 Å². The molecule has 4 rings (SSSR count). The van der Waals surface area contributed by atoms with E-state index < -0.39 is 6.36 Å². The van der Waals surface area contributed by atoms with Gasteiger partial charge in [-0.2, -0.15) is 0 Å². The minimum absolute atomic E-state index is 0.204. The van der Waals surface area contributed by atoms with Crippen LogP contribution in [0.4, 0.5) is 18.9 Å². The first-order valence-electron chi connectivity index (χ1n) is 11.6. The molecule has 0 unspecified atom stereocenters. The van der Waals surface area contributed by atoms with Crippen molar-refractivity contribution in [2.45, 2.75) is 32.0 Å². The minimum atomic E-state index is -4.68. The quantitative estimate of drug-likeness (QED) is 0.630. The largest absolute Gasteiger partial charge is 0.573 e. The van der Waals surface area contributed by atoms with Crippen LogP contribution in [-0.2, 0) is 12.8 Å². The summed E-state index contributed by atoms with van der Waals surface area (Å²) in [7, 11) is 0. The van der Waals surface area contributed by atoms with Gasteiger partial charge in [-0.1, -0.05) is 12.1 Å². The van der Waals surface area contributed by atoms with Crippen molar-refractivity contribution < 1.29 is 22.7 Å². The van der Waals surface area contributed by atoms with Crippen LogP contribution in [0.1, 0.15) is 34.3 Å². The third-order valence-corrected chi connectivity index (χ3v) is 6.36. The van der Waals surface area contributed by atoms with Gasteiger partial charge in [-0.3, -0.25) is 9.69 Å². The third-order valence-electron chi connectivity index (χ3n) is 6.36. The Hall–Kier alpha value is -2.58. The lowest BCUT2D eigenvalue weighted by Crippen LogP contribution is -2.46. The molecule has 1 N–H and O–H groups in total. The third kappa shape index (κ3) is 6.71. The summed E-state index contributed by atoms with van der Waals surface area (Å²) in [5, 5.41) is 3.40. The monoisotopic (exact) mass is 461 g/mol. The zero-order chi connectivity index (χ0) is 23.3. The van der Waals surface area contributed by atoms with Gasteiger partial charge in [-0.25, -0.2) is 0 Å². The number of ketones is 1. The fourth-order valence-electron chi connectivity index (χ4n) is 4.54. The fourth-order valence-corrected chi connectivity index (χ4v) is 4.54. The highest BCUT2D eigenvalue weighted by atomic mass is 19.4. The molecule has 33 heavy (non-hydrogen) atoms. The Morgan fingerprint density at radius 2 is 1.64 bits per heavy atom. The van der Waals surface area contributed by atoms with Crippen LogP contribution in [0.5, 0.6) is 5.75 Å². The van der Waals surface area contributed by atoms with Gasteiger partial charge in [0.1, 0.15) is 5.75 Å². The molecule has 2 aliphatic heterocycles. The zero-order valence-corrected chi connectivity index (χ0v) is 18.7. The number of ether oxygens (including phenoxy) is 1. The van der Waals surface area contributed by atoms with Crippen LogP contribution < -0.4 is 15.0 Å². The molecule has 0 radical (unpaired) electrons. The summed E-state index contributed by atoms with van der Waals surface area (Å²) in [6, 6.07) is 12.2. The van der Waals surface area contributed by atoms with Crippen molar-refractivity contribution in [3.05, 3.63) is 59.2 Å². The lowest BCUT2D eigenvalue weighted by molar-refractivity contribution is -0.274. The Balaban J connectivity index is 1.20. The van der Waals surface area contributed by atoms with Gasteiger partial charge in [0.15, 0.2) is 5.78 Å². The Kier molecular flexibility index (Phi) is 7.55. The summed E-state index contributed by atoms with van der Waals surface area (Å²) < 4.78 is 40.9. The zero-order valence-electron chi connectivity index (χ0n) is 18.7. The Morgan fingerprint density at radius 1 is 0.939 bits per heavy atom. The van der Waals surface area contributed by atoms with Gasteiger partial charge in [0.2, 0.25) is 0 Å². The molecule has 2 aliphatic rings. The maximum Gasteiger partial charge on any atom is 0.573 e. The van der Waals surface area contributed by atoms with E-state index in [-0.39, 0.29) is 11.5 Å². The number of alkyl halides is 3. The number of anilines is 1. The molecule has 0 atom stereocenters. The molecule has 5 nitrogen and oxygen atoms in total. The number of carbonyl (C=O) groups excluding carboxylic acids is 1. The van der Waals surface area contributed by atoms with Crippen molar-refractivity contribution in [2.24, 2.45) is 0 Å². The summed E-state index contributed by atoms with van der Waals surface area (Å²) >= 11 is 0. The number of carbonyl (C=O) groups is 1. The molecule has 0 aromatic heterocycles. The predicted octanol–water partition coefficient (Wildman–Crippen LogP) is 4.06. The molecule has 2 heterocycles. The normalized spacial score (nSPS) is 17.4. The highest BCUT2D eigenvalue weighted by Gasteiger charge is 2.31. The van der Waals surface area contributed by atoms with Crippen LogP contribution in [0.2, 0.25) is 0 Å². The van der Waals surface area contributed by atoms with E-state index in [1.807, 2.05) is 6.07 Å². The maximum atomic E-state index is 12.7. The topological polar surface area (TPSA) is 44.8 Å². The van der Waals surface area contributed by atoms with Crippen molar-refractivity contribution in [2.75, 3.05) is 50.7 Å². The van der Waals surface area contributed by atoms with Crippen LogP contribution in [0.3, 0.4) is 0 Å². The number of benzene rings is 2.